The van der Waals surface area contributed by atoms with Crippen molar-refractivity contribution in [1.29, 1.82) is 0 Å². The number of rotatable bonds is 11. The Morgan fingerprint density at radius 2 is 1.31 bits per heavy atom. The van der Waals surface area contributed by atoms with Gasteiger partial charge in [-0.1, -0.05) is 0 Å². The lowest BCUT2D eigenvalue weighted by Crippen LogP contribution is -3.15. The Balaban J connectivity index is 2.60. The zero-order valence-electron chi connectivity index (χ0n) is 16.7. The Labute approximate surface area is 169 Å². The third-order valence-electron chi connectivity index (χ3n) is 3.69. The predicted octanol–water partition coefficient (Wildman–Crippen LogP) is -1.40. The lowest BCUT2D eigenvalue weighted by molar-refractivity contribution is -0.910. The Hall–Kier alpha value is -2.72. The summed E-state index contributed by atoms with van der Waals surface area (Å²) in [5.74, 6) is -2.84. The first kappa shape index (κ1) is 24.3. The second-order valence-electron chi connectivity index (χ2n) is 5.93. The standard InChI is InChI=1S/C19H27NO9/c1-3-26-16(21)5-6-18(23)28-14-15(13-20-9-11-25-12-10-20)29-19(24)8-7-17(22)27-4-2/h5-8,15H,3-4,9-14H2,1-2H3/p+1/b6-5+,8-7+. The van der Waals surface area contributed by atoms with Crippen LogP contribution in [0.25, 0.3) is 0 Å². The summed E-state index contributed by atoms with van der Waals surface area (Å²) in [6, 6.07) is 0. The maximum Gasteiger partial charge on any atom is 0.331 e. The third kappa shape index (κ3) is 11.7. The Morgan fingerprint density at radius 3 is 1.83 bits per heavy atom. The number of nitrogens with one attached hydrogen (secondary N) is 1. The number of hydrogen-bond acceptors (Lipinski definition) is 9. The fourth-order valence-electron chi connectivity index (χ4n) is 2.40. The van der Waals surface area contributed by atoms with E-state index in [-0.39, 0.29) is 19.8 Å². The van der Waals surface area contributed by atoms with Gasteiger partial charge in [0, 0.05) is 24.3 Å². The molecule has 1 aliphatic rings. The van der Waals surface area contributed by atoms with Gasteiger partial charge in [0.15, 0.2) is 6.10 Å². The predicted molar refractivity (Wildman–Crippen MR) is 98.8 cm³/mol. The summed E-state index contributed by atoms with van der Waals surface area (Å²) in [6.07, 6.45) is 3.10. The van der Waals surface area contributed by atoms with Crippen LogP contribution in [0.5, 0.6) is 0 Å². The fraction of sp³-hybridized carbons (Fsp3) is 0.579. The van der Waals surface area contributed by atoms with Crippen molar-refractivity contribution >= 4 is 23.9 Å². The van der Waals surface area contributed by atoms with Gasteiger partial charge in [-0.2, -0.15) is 0 Å². The van der Waals surface area contributed by atoms with Gasteiger partial charge >= 0.3 is 23.9 Å². The molecule has 162 valence electrons. The van der Waals surface area contributed by atoms with E-state index >= 15 is 0 Å². The summed E-state index contributed by atoms with van der Waals surface area (Å²) in [6.45, 7) is 6.50. The third-order valence-corrected chi connectivity index (χ3v) is 3.69. The largest absolute Gasteiger partial charge is 0.463 e. The Morgan fingerprint density at radius 1 is 0.828 bits per heavy atom. The van der Waals surface area contributed by atoms with Crippen LogP contribution in [0.2, 0.25) is 0 Å². The molecule has 0 aromatic heterocycles. The number of carbonyl (C=O) groups excluding carboxylic acids is 4. The molecule has 0 spiro atoms. The van der Waals surface area contributed by atoms with Gasteiger partial charge in [-0.25, -0.2) is 19.2 Å². The van der Waals surface area contributed by atoms with E-state index in [4.69, 9.17) is 18.9 Å². The van der Waals surface area contributed by atoms with Crippen molar-refractivity contribution in [3.05, 3.63) is 24.3 Å². The summed E-state index contributed by atoms with van der Waals surface area (Å²) in [5, 5.41) is 0. The van der Waals surface area contributed by atoms with Gasteiger partial charge in [-0.15, -0.1) is 0 Å². The molecule has 0 aliphatic carbocycles. The molecular weight excluding hydrogens is 386 g/mol. The number of carbonyl (C=O) groups is 4. The molecule has 1 fully saturated rings. The minimum absolute atomic E-state index is 0.191. The van der Waals surface area contributed by atoms with Gasteiger partial charge < -0.3 is 28.6 Å². The molecule has 1 saturated heterocycles. The highest BCUT2D eigenvalue weighted by atomic mass is 16.6. The van der Waals surface area contributed by atoms with Crippen LogP contribution in [-0.4, -0.2) is 82.6 Å². The summed E-state index contributed by atoms with van der Waals surface area (Å²) >= 11 is 0. The number of esters is 4. The minimum atomic E-state index is -0.766. The normalized spacial score (nSPS) is 15.8. The maximum atomic E-state index is 12.0. The molecule has 10 nitrogen and oxygen atoms in total. The Bertz CT molecular complexity index is 609. The van der Waals surface area contributed by atoms with Crippen molar-refractivity contribution in [3.63, 3.8) is 0 Å². The van der Waals surface area contributed by atoms with Crippen LogP contribution < -0.4 is 4.90 Å². The van der Waals surface area contributed by atoms with Crippen molar-refractivity contribution in [2.45, 2.75) is 20.0 Å². The van der Waals surface area contributed by atoms with Gasteiger partial charge in [-0.05, 0) is 13.8 Å². The van der Waals surface area contributed by atoms with E-state index in [1.54, 1.807) is 13.8 Å². The zero-order chi connectivity index (χ0) is 21.5. The van der Waals surface area contributed by atoms with Crippen molar-refractivity contribution in [3.8, 4) is 0 Å². The molecule has 29 heavy (non-hydrogen) atoms. The second kappa shape index (κ2) is 14.3. The number of ether oxygens (including phenoxy) is 5. The molecule has 1 rings (SSSR count). The molecule has 1 aliphatic heterocycles. The van der Waals surface area contributed by atoms with Crippen LogP contribution in [0, 0.1) is 0 Å². The monoisotopic (exact) mass is 414 g/mol. The van der Waals surface area contributed by atoms with Gasteiger partial charge in [-0.3, -0.25) is 0 Å². The van der Waals surface area contributed by atoms with Crippen LogP contribution in [0.4, 0.5) is 0 Å². The lowest BCUT2D eigenvalue weighted by Gasteiger charge is -2.27. The molecule has 0 amide bonds. The van der Waals surface area contributed by atoms with Crippen LogP contribution >= 0.6 is 0 Å². The molecule has 0 saturated carbocycles. The van der Waals surface area contributed by atoms with Gasteiger partial charge in [0.1, 0.15) is 26.2 Å². The van der Waals surface area contributed by atoms with Gasteiger partial charge in [0.05, 0.1) is 26.4 Å². The quantitative estimate of drug-likeness (QED) is 0.247. The first-order chi connectivity index (χ1) is 13.9. The molecule has 0 radical (unpaired) electrons. The minimum Gasteiger partial charge on any atom is -0.463 e. The smallest absolute Gasteiger partial charge is 0.331 e. The van der Waals surface area contributed by atoms with E-state index in [1.165, 1.54) is 0 Å². The highest BCUT2D eigenvalue weighted by Gasteiger charge is 2.24. The summed E-state index contributed by atoms with van der Waals surface area (Å²) < 4.78 is 25.0. The maximum absolute atomic E-state index is 12.0. The molecular formula is C19H28NO9+. The number of morpholine rings is 1. The SMILES string of the molecule is CCOC(=O)/C=C/C(=O)OCC(C[NH+]1CCOCC1)OC(=O)/C=C/C(=O)OCC. The second-order valence-corrected chi connectivity index (χ2v) is 5.93. The first-order valence-corrected chi connectivity index (χ1v) is 9.42. The average molecular weight is 414 g/mol. The molecule has 1 atom stereocenters. The molecule has 0 aromatic rings. The molecule has 1 N–H and O–H groups in total. The first-order valence-electron chi connectivity index (χ1n) is 9.42. The highest BCUT2D eigenvalue weighted by molar-refractivity contribution is 5.92. The molecule has 10 heteroatoms. The van der Waals surface area contributed by atoms with E-state index in [2.05, 4.69) is 4.74 Å². The van der Waals surface area contributed by atoms with Crippen LogP contribution in [0.1, 0.15) is 13.8 Å². The van der Waals surface area contributed by atoms with E-state index < -0.39 is 30.0 Å². The van der Waals surface area contributed by atoms with Crippen LogP contribution in [0.3, 0.4) is 0 Å². The number of quaternary nitrogens is 1. The van der Waals surface area contributed by atoms with Crippen molar-refractivity contribution in [2.75, 3.05) is 52.7 Å². The van der Waals surface area contributed by atoms with Crippen LogP contribution in [-0.2, 0) is 42.9 Å². The molecule has 0 aromatic carbocycles. The Kier molecular flexibility index (Phi) is 12.0. The van der Waals surface area contributed by atoms with E-state index in [9.17, 15) is 19.2 Å². The fourth-order valence-corrected chi connectivity index (χ4v) is 2.40. The summed E-state index contributed by atoms with van der Waals surface area (Å²) in [5.41, 5.74) is 0. The van der Waals surface area contributed by atoms with Gasteiger partial charge in [0.25, 0.3) is 0 Å². The topological polar surface area (TPSA) is 119 Å². The molecule has 0 bridgehead atoms. The number of hydrogen-bond donors (Lipinski definition) is 1. The lowest BCUT2D eigenvalue weighted by atomic mass is 10.3. The summed E-state index contributed by atoms with van der Waals surface area (Å²) in [4.78, 5) is 47.4. The van der Waals surface area contributed by atoms with Gasteiger partial charge in [0.2, 0.25) is 0 Å². The van der Waals surface area contributed by atoms with E-state index in [0.717, 1.165) is 42.3 Å². The van der Waals surface area contributed by atoms with Crippen molar-refractivity contribution < 1.29 is 47.8 Å². The van der Waals surface area contributed by atoms with E-state index in [1.807, 2.05) is 0 Å². The summed E-state index contributed by atoms with van der Waals surface area (Å²) in [7, 11) is 0. The van der Waals surface area contributed by atoms with E-state index in [0.29, 0.717) is 19.8 Å². The molecule has 1 unspecified atom stereocenters. The van der Waals surface area contributed by atoms with Crippen molar-refractivity contribution in [1.82, 2.24) is 0 Å². The van der Waals surface area contributed by atoms with Crippen molar-refractivity contribution in [2.24, 2.45) is 0 Å². The zero-order valence-corrected chi connectivity index (χ0v) is 16.7. The highest BCUT2D eigenvalue weighted by Crippen LogP contribution is 1.97. The molecule has 1 heterocycles. The van der Waals surface area contributed by atoms with Crippen LogP contribution in [0.15, 0.2) is 24.3 Å². The average Bonchev–Trinajstić information content (AvgIpc) is 2.70.